The van der Waals surface area contributed by atoms with Gasteiger partial charge in [-0.25, -0.2) is 13.2 Å². The molecule has 3 unspecified atom stereocenters. The number of hydrogen-bond acceptors (Lipinski definition) is 11. The minimum atomic E-state index is -1.17. The van der Waals surface area contributed by atoms with Crippen molar-refractivity contribution in [2.75, 3.05) is 44.2 Å². The van der Waals surface area contributed by atoms with E-state index in [1.54, 1.807) is 11.0 Å². The summed E-state index contributed by atoms with van der Waals surface area (Å²) in [7, 11) is 1.95. The zero-order chi connectivity index (χ0) is 36.3. The fraction of sp³-hybridized carbons (Fsp3) is 0.405. The van der Waals surface area contributed by atoms with E-state index in [4.69, 9.17) is 15.0 Å². The molecule has 3 aromatic heterocycles. The summed E-state index contributed by atoms with van der Waals surface area (Å²) in [6.45, 7) is 4.56. The van der Waals surface area contributed by atoms with Crippen molar-refractivity contribution in [1.82, 2.24) is 34.5 Å². The summed E-state index contributed by atoms with van der Waals surface area (Å²) in [4.78, 5) is 19.9. The number of nitrogens with zero attached hydrogens (tertiary/aromatic N) is 10. The summed E-state index contributed by atoms with van der Waals surface area (Å²) in [5.74, 6) is -2.62. The molecule has 9 rings (SSSR count). The minimum Gasteiger partial charge on any atom is -0.508 e. The molecule has 0 bridgehead atoms. The maximum absolute atomic E-state index is 16.8. The molecule has 266 valence electrons. The molecule has 52 heavy (non-hydrogen) atoms. The number of nitriles is 2. The van der Waals surface area contributed by atoms with Crippen molar-refractivity contribution in [2.45, 2.75) is 50.1 Å². The number of anilines is 1. The zero-order valence-corrected chi connectivity index (χ0v) is 28.7. The molecule has 0 saturated carbocycles. The normalized spacial score (nSPS) is 22.1. The smallest absolute Gasteiger partial charge is 0.319 e. The van der Waals surface area contributed by atoms with Crippen LogP contribution in [0.25, 0.3) is 32.9 Å². The summed E-state index contributed by atoms with van der Waals surface area (Å²) in [5, 5.41) is 32.2. The van der Waals surface area contributed by atoms with Crippen LogP contribution in [0.2, 0.25) is 0 Å². The summed E-state index contributed by atoms with van der Waals surface area (Å²) >= 11 is 0. The van der Waals surface area contributed by atoms with E-state index in [1.165, 1.54) is 42.6 Å². The van der Waals surface area contributed by atoms with Crippen LogP contribution in [-0.4, -0.2) is 90.6 Å². The molecule has 5 aromatic rings. The fourth-order valence-electron chi connectivity index (χ4n) is 8.76. The quantitative estimate of drug-likeness (QED) is 0.242. The number of phenols is 1. The van der Waals surface area contributed by atoms with Crippen LogP contribution in [0.3, 0.4) is 0 Å². The first kappa shape index (κ1) is 33.5. The number of aromatic hydroxyl groups is 1. The maximum atomic E-state index is 16.8. The molecule has 15 heteroatoms. The molecule has 3 aliphatic heterocycles. The SMILES string of the molecule is CC#N.Cn1cc2c(n1)CC1C2CC2(COc3nc(N4CCN(C#N)CC4)c4cnc(-c5cc(O)cc6ccc(F)c(F)c56)c(F)c4n3)CCCN12. The lowest BCUT2D eigenvalue weighted by atomic mass is 9.88. The number of fused-ring (bicyclic) bond motifs is 7. The molecule has 6 heterocycles. The van der Waals surface area contributed by atoms with Crippen LogP contribution in [0.15, 0.2) is 36.7 Å². The molecule has 0 amide bonds. The van der Waals surface area contributed by atoms with Gasteiger partial charge in [-0.3, -0.25) is 14.6 Å². The molecule has 0 spiro atoms. The van der Waals surface area contributed by atoms with Crippen molar-refractivity contribution in [3.63, 3.8) is 0 Å². The van der Waals surface area contributed by atoms with Gasteiger partial charge in [0.1, 0.15) is 29.4 Å². The molecule has 0 radical (unpaired) electrons. The standard InChI is InChI=1S/C35H32F3N9O2.C2H3N/c1-44-16-24-22-14-35(5-2-6-47(35)27(22)13-26(24)43-44)17-49-34-41-32-23(33(42-34)46-9-7-45(18-39)8-10-46)15-40-31(30(32)38)21-12-20(48)11-19-3-4-25(36)29(37)28(19)21;1-2-3/h3-4,11-12,15-16,22,27,48H,2,5-10,13-14,17H2,1H3;1H3. The number of piperazine rings is 1. The average Bonchev–Trinajstić information content (AvgIpc) is 3.87. The monoisotopic (exact) mass is 708 g/mol. The molecule has 4 aliphatic rings. The lowest BCUT2D eigenvalue weighted by Crippen LogP contribution is -2.47. The van der Waals surface area contributed by atoms with Crippen molar-refractivity contribution < 1.29 is 23.0 Å². The molecular formula is C37H35F3N10O2. The topological polar surface area (TPSA) is 143 Å². The van der Waals surface area contributed by atoms with E-state index in [0.29, 0.717) is 55.9 Å². The van der Waals surface area contributed by atoms with Gasteiger partial charge in [0.15, 0.2) is 23.6 Å². The van der Waals surface area contributed by atoms with Crippen molar-refractivity contribution in [2.24, 2.45) is 7.05 Å². The van der Waals surface area contributed by atoms with Crippen molar-refractivity contribution in [3.8, 4) is 35.3 Å². The van der Waals surface area contributed by atoms with Crippen LogP contribution in [0.4, 0.5) is 19.0 Å². The number of hydrogen-bond donors (Lipinski definition) is 1. The number of rotatable bonds is 5. The van der Waals surface area contributed by atoms with Gasteiger partial charge in [-0.15, -0.1) is 0 Å². The Balaban J connectivity index is 0.00000125. The Labute approximate surface area is 297 Å². The zero-order valence-electron chi connectivity index (χ0n) is 28.7. The van der Waals surface area contributed by atoms with E-state index >= 15 is 8.78 Å². The molecule has 12 nitrogen and oxygen atoms in total. The highest BCUT2D eigenvalue weighted by molar-refractivity contribution is 6.00. The number of pyridine rings is 1. The second kappa shape index (κ2) is 12.8. The Kier molecular flexibility index (Phi) is 8.26. The number of ether oxygens (including phenoxy) is 1. The minimum absolute atomic E-state index is 0.000365. The van der Waals surface area contributed by atoms with Gasteiger partial charge in [-0.05, 0) is 55.0 Å². The highest BCUT2D eigenvalue weighted by atomic mass is 19.2. The van der Waals surface area contributed by atoms with Gasteiger partial charge in [0.05, 0.1) is 22.7 Å². The van der Waals surface area contributed by atoms with Crippen molar-refractivity contribution in [1.29, 1.82) is 10.5 Å². The van der Waals surface area contributed by atoms with E-state index in [-0.39, 0.29) is 44.8 Å². The number of aryl methyl sites for hydroxylation is 1. The molecule has 1 N–H and O–H groups in total. The second-order valence-corrected chi connectivity index (χ2v) is 13.9. The van der Waals surface area contributed by atoms with E-state index in [0.717, 1.165) is 38.3 Å². The Bertz CT molecular complexity index is 2310. The average molecular weight is 709 g/mol. The van der Waals surface area contributed by atoms with Crippen molar-refractivity contribution in [3.05, 3.63) is 65.4 Å². The Morgan fingerprint density at radius 2 is 1.85 bits per heavy atom. The van der Waals surface area contributed by atoms with E-state index in [2.05, 4.69) is 32.4 Å². The Hall–Kier alpha value is -5.67. The third kappa shape index (κ3) is 5.38. The summed E-state index contributed by atoms with van der Waals surface area (Å²) in [5.41, 5.74) is 1.76. The van der Waals surface area contributed by atoms with Crippen LogP contribution in [0.1, 0.15) is 43.4 Å². The first-order chi connectivity index (χ1) is 25.1. The van der Waals surface area contributed by atoms with Gasteiger partial charge in [0.25, 0.3) is 0 Å². The number of phenolic OH excluding ortho intramolecular Hbond substituents is 1. The molecule has 3 saturated heterocycles. The fourth-order valence-corrected chi connectivity index (χ4v) is 8.76. The van der Waals surface area contributed by atoms with Gasteiger partial charge in [0, 0.05) is 81.9 Å². The van der Waals surface area contributed by atoms with Crippen LogP contribution in [0.5, 0.6) is 11.8 Å². The summed E-state index contributed by atoms with van der Waals surface area (Å²) in [6.07, 6.45) is 9.55. The largest absolute Gasteiger partial charge is 0.508 e. The Morgan fingerprint density at radius 3 is 2.62 bits per heavy atom. The lowest BCUT2D eigenvalue weighted by molar-refractivity contribution is 0.0847. The molecule has 1 aliphatic carbocycles. The number of aromatic nitrogens is 5. The third-order valence-electron chi connectivity index (χ3n) is 10.9. The molecule has 2 aromatic carbocycles. The summed E-state index contributed by atoms with van der Waals surface area (Å²) < 4.78 is 54.7. The number of benzene rings is 2. The maximum Gasteiger partial charge on any atom is 0.319 e. The van der Waals surface area contributed by atoms with E-state index in [9.17, 15) is 14.8 Å². The van der Waals surface area contributed by atoms with Gasteiger partial charge >= 0.3 is 6.01 Å². The van der Waals surface area contributed by atoms with Gasteiger partial charge in [-0.1, -0.05) is 6.07 Å². The third-order valence-corrected chi connectivity index (χ3v) is 10.9. The highest BCUT2D eigenvalue weighted by Gasteiger charge is 2.57. The number of halogens is 3. The van der Waals surface area contributed by atoms with E-state index < -0.39 is 17.5 Å². The van der Waals surface area contributed by atoms with Crippen LogP contribution in [0, 0.1) is 40.2 Å². The predicted octanol–water partition coefficient (Wildman–Crippen LogP) is 5.16. The van der Waals surface area contributed by atoms with Gasteiger partial charge < -0.3 is 19.6 Å². The van der Waals surface area contributed by atoms with Crippen LogP contribution < -0.4 is 9.64 Å². The van der Waals surface area contributed by atoms with Crippen LogP contribution >= 0.6 is 0 Å². The second-order valence-electron chi connectivity index (χ2n) is 13.9. The van der Waals surface area contributed by atoms with Crippen molar-refractivity contribution >= 4 is 27.5 Å². The first-order valence-electron chi connectivity index (χ1n) is 17.2. The lowest BCUT2D eigenvalue weighted by Gasteiger charge is -2.35. The Morgan fingerprint density at radius 1 is 1.06 bits per heavy atom. The van der Waals surface area contributed by atoms with Gasteiger partial charge in [0.2, 0.25) is 0 Å². The first-order valence-corrected chi connectivity index (χ1v) is 17.2. The van der Waals surface area contributed by atoms with E-state index in [1.807, 2.05) is 16.6 Å². The summed E-state index contributed by atoms with van der Waals surface area (Å²) in [6, 6.07) is 6.84. The predicted molar refractivity (Wildman–Crippen MR) is 185 cm³/mol. The molecule has 3 fully saturated rings. The van der Waals surface area contributed by atoms with Gasteiger partial charge in [-0.2, -0.15) is 25.6 Å². The van der Waals surface area contributed by atoms with Crippen LogP contribution in [-0.2, 0) is 13.5 Å². The molecular weight excluding hydrogens is 673 g/mol. The highest BCUT2D eigenvalue weighted by Crippen LogP contribution is 2.54. The molecule has 3 atom stereocenters.